The quantitative estimate of drug-likeness (QED) is 0.866. The fourth-order valence-electron chi connectivity index (χ4n) is 2.55. The normalized spacial score (nSPS) is 14.7. The van der Waals surface area contributed by atoms with Crippen molar-refractivity contribution in [2.75, 3.05) is 0 Å². The molecule has 0 aliphatic rings. The van der Waals surface area contributed by atoms with Gasteiger partial charge in [0.1, 0.15) is 0 Å². The number of H-pyrrole nitrogens is 1. The Morgan fingerprint density at radius 1 is 1.28 bits per heavy atom. The molecule has 3 N–H and O–H groups in total. The highest BCUT2D eigenvalue weighted by molar-refractivity contribution is 5.85. The first kappa shape index (κ1) is 12.7. The minimum Gasteiger partial charge on any atom is -0.358 e. The fourth-order valence-corrected chi connectivity index (χ4v) is 2.55. The molecule has 0 fully saturated rings. The summed E-state index contributed by atoms with van der Waals surface area (Å²) in [5.74, 6) is 0.0842. The van der Waals surface area contributed by atoms with Gasteiger partial charge in [-0.1, -0.05) is 32.0 Å². The number of aryl methyl sites for hydroxylation is 1. The summed E-state index contributed by atoms with van der Waals surface area (Å²) in [6, 6.07) is 10.2. The molecular weight excluding hydrogens is 222 g/mol. The van der Waals surface area contributed by atoms with Crippen LogP contribution < -0.4 is 5.73 Å². The Hall–Kier alpha value is -1.79. The van der Waals surface area contributed by atoms with Gasteiger partial charge in [0.25, 0.3) is 0 Å². The van der Waals surface area contributed by atoms with Crippen LogP contribution in [-0.2, 0) is 0 Å². The summed E-state index contributed by atoms with van der Waals surface area (Å²) < 4.78 is 0. The summed E-state index contributed by atoms with van der Waals surface area (Å²) in [4.78, 5) is 3.34. The zero-order chi connectivity index (χ0) is 13.3. The molecule has 0 radical (unpaired) electrons. The first-order valence-corrected chi connectivity index (χ1v) is 6.28. The molecule has 0 saturated heterocycles. The maximum Gasteiger partial charge on any atom is 0.0680 e. The maximum atomic E-state index is 9.29. The second-order valence-corrected chi connectivity index (χ2v) is 5.13. The number of nitrogens with zero attached hydrogens (tertiary/aromatic N) is 1. The molecule has 0 aliphatic heterocycles. The van der Waals surface area contributed by atoms with Crippen LogP contribution in [-0.4, -0.2) is 4.98 Å². The number of aromatic nitrogens is 1. The van der Waals surface area contributed by atoms with Gasteiger partial charge < -0.3 is 10.7 Å². The first-order valence-electron chi connectivity index (χ1n) is 6.28. The van der Waals surface area contributed by atoms with Crippen molar-refractivity contribution in [3.8, 4) is 6.07 Å². The van der Waals surface area contributed by atoms with Crippen LogP contribution in [0.3, 0.4) is 0 Å². The number of hydrogen-bond donors (Lipinski definition) is 2. The van der Waals surface area contributed by atoms with E-state index in [4.69, 9.17) is 5.73 Å². The Kier molecular flexibility index (Phi) is 3.40. The van der Waals surface area contributed by atoms with Crippen LogP contribution in [0.5, 0.6) is 0 Å². The molecule has 2 unspecified atom stereocenters. The molecule has 0 saturated carbocycles. The fraction of sp³-hybridized carbons (Fsp3) is 0.400. The van der Waals surface area contributed by atoms with E-state index in [0.717, 1.165) is 22.2 Å². The molecule has 0 aliphatic carbocycles. The molecule has 3 nitrogen and oxygen atoms in total. The molecule has 94 valence electrons. The molecule has 2 rings (SSSR count). The van der Waals surface area contributed by atoms with Gasteiger partial charge in [0.2, 0.25) is 0 Å². The smallest absolute Gasteiger partial charge is 0.0680 e. The lowest BCUT2D eigenvalue weighted by molar-refractivity contribution is 0.404. The number of para-hydroxylation sites is 1. The third-order valence-corrected chi connectivity index (χ3v) is 3.53. The lowest BCUT2D eigenvalue weighted by atomic mass is 9.85. The van der Waals surface area contributed by atoms with Crippen molar-refractivity contribution in [2.45, 2.75) is 26.8 Å². The lowest BCUT2D eigenvalue weighted by Gasteiger charge is -2.21. The van der Waals surface area contributed by atoms with E-state index in [2.05, 4.69) is 17.1 Å². The van der Waals surface area contributed by atoms with Crippen molar-refractivity contribution in [3.63, 3.8) is 0 Å². The summed E-state index contributed by atoms with van der Waals surface area (Å²) in [6.07, 6.45) is 0. The van der Waals surface area contributed by atoms with Crippen molar-refractivity contribution >= 4 is 10.9 Å². The van der Waals surface area contributed by atoms with Gasteiger partial charge in [-0.3, -0.25) is 0 Å². The number of nitrogens with two attached hydrogens (primary N) is 1. The predicted octanol–water partition coefficient (Wildman–Crippen LogP) is 3.27. The van der Waals surface area contributed by atoms with E-state index in [0.29, 0.717) is 0 Å². The van der Waals surface area contributed by atoms with E-state index < -0.39 is 0 Å². The van der Waals surface area contributed by atoms with Crippen molar-refractivity contribution in [1.29, 1.82) is 5.26 Å². The molecule has 18 heavy (non-hydrogen) atoms. The van der Waals surface area contributed by atoms with Crippen LogP contribution in [0, 0.1) is 30.1 Å². The minimum atomic E-state index is -0.244. The van der Waals surface area contributed by atoms with E-state index in [9.17, 15) is 5.26 Å². The van der Waals surface area contributed by atoms with E-state index in [-0.39, 0.29) is 17.9 Å². The standard InChI is InChI=1S/C15H19N3/c1-9(2)12(8-16)15(17)14-10(3)18-13-7-5-4-6-11(13)14/h4-7,9,12,15,18H,17H2,1-3H3. The molecule has 2 atom stereocenters. The van der Waals surface area contributed by atoms with Gasteiger partial charge in [0.15, 0.2) is 0 Å². The van der Waals surface area contributed by atoms with E-state index >= 15 is 0 Å². The molecule has 1 aromatic heterocycles. The molecule has 0 amide bonds. The number of fused-ring (bicyclic) bond motifs is 1. The van der Waals surface area contributed by atoms with Crippen LogP contribution in [0.25, 0.3) is 10.9 Å². The average Bonchev–Trinajstić information content (AvgIpc) is 2.64. The monoisotopic (exact) mass is 241 g/mol. The van der Waals surface area contributed by atoms with Crippen LogP contribution >= 0.6 is 0 Å². The molecule has 3 heteroatoms. The second-order valence-electron chi connectivity index (χ2n) is 5.13. The number of hydrogen-bond acceptors (Lipinski definition) is 2. The van der Waals surface area contributed by atoms with Gasteiger partial charge in [-0.15, -0.1) is 0 Å². The van der Waals surface area contributed by atoms with Gasteiger partial charge in [0.05, 0.1) is 12.0 Å². The number of nitrogens with one attached hydrogen (secondary N) is 1. The van der Waals surface area contributed by atoms with Gasteiger partial charge in [-0.05, 0) is 24.5 Å². The van der Waals surface area contributed by atoms with Gasteiger partial charge >= 0.3 is 0 Å². The number of benzene rings is 1. The van der Waals surface area contributed by atoms with Crippen LogP contribution in [0.15, 0.2) is 24.3 Å². The van der Waals surface area contributed by atoms with Crippen molar-refractivity contribution in [3.05, 3.63) is 35.5 Å². The summed E-state index contributed by atoms with van der Waals surface area (Å²) in [5, 5.41) is 10.4. The van der Waals surface area contributed by atoms with Crippen molar-refractivity contribution in [1.82, 2.24) is 4.98 Å². The minimum absolute atomic E-state index is 0.164. The summed E-state index contributed by atoms with van der Waals surface area (Å²) >= 11 is 0. The van der Waals surface area contributed by atoms with E-state index in [1.165, 1.54) is 0 Å². The highest BCUT2D eigenvalue weighted by Crippen LogP contribution is 2.33. The van der Waals surface area contributed by atoms with Crippen molar-refractivity contribution < 1.29 is 0 Å². The molecule has 0 spiro atoms. The summed E-state index contributed by atoms with van der Waals surface area (Å²) in [7, 11) is 0. The molecule has 1 aromatic carbocycles. The Labute approximate surface area is 108 Å². The Balaban J connectivity index is 2.54. The third-order valence-electron chi connectivity index (χ3n) is 3.53. The molecular formula is C15H19N3. The number of rotatable bonds is 3. The Bertz CT molecular complexity index is 589. The predicted molar refractivity (Wildman–Crippen MR) is 73.9 cm³/mol. The zero-order valence-corrected chi connectivity index (χ0v) is 11.1. The Morgan fingerprint density at radius 3 is 2.56 bits per heavy atom. The molecule has 2 aromatic rings. The highest BCUT2D eigenvalue weighted by atomic mass is 14.8. The van der Waals surface area contributed by atoms with Crippen LogP contribution in [0.2, 0.25) is 0 Å². The number of aromatic amines is 1. The highest BCUT2D eigenvalue weighted by Gasteiger charge is 2.26. The maximum absolute atomic E-state index is 9.29. The van der Waals surface area contributed by atoms with Crippen LogP contribution in [0.4, 0.5) is 0 Å². The Morgan fingerprint density at radius 2 is 1.94 bits per heavy atom. The lowest BCUT2D eigenvalue weighted by Crippen LogP contribution is -2.24. The van der Waals surface area contributed by atoms with Gasteiger partial charge in [0, 0.05) is 22.6 Å². The SMILES string of the molecule is Cc1[nH]c2ccccc2c1C(N)C(C#N)C(C)C. The van der Waals surface area contributed by atoms with Gasteiger partial charge in [-0.25, -0.2) is 0 Å². The summed E-state index contributed by atoms with van der Waals surface area (Å²) in [6.45, 7) is 6.10. The molecule has 1 heterocycles. The second kappa shape index (κ2) is 4.83. The van der Waals surface area contributed by atoms with E-state index in [1.54, 1.807) is 0 Å². The first-order chi connectivity index (χ1) is 8.56. The van der Waals surface area contributed by atoms with Gasteiger partial charge in [-0.2, -0.15) is 5.26 Å². The third kappa shape index (κ3) is 2.00. The largest absolute Gasteiger partial charge is 0.358 e. The average molecular weight is 241 g/mol. The zero-order valence-electron chi connectivity index (χ0n) is 11.1. The van der Waals surface area contributed by atoms with E-state index in [1.807, 2.05) is 39.0 Å². The molecule has 0 bridgehead atoms. The summed E-state index contributed by atoms with van der Waals surface area (Å²) in [5.41, 5.74) is 9.54. The number of nitriles is 1. The topological polar surface area (TPSA) is 65.6 Å². The van der Waals surface area contributed by atoms with Crippen molar-refractivity contribution in [2.24, 2.45) is 17.6 Å². The van der Waals surface area contributed by atoms with Crippen LogP contribution in [0.1, 0.15) is 31.1 Å².